The minimum absolute atomic E-state index is 0.730. The number of nitrogens with two attached hydrogens (primary N) is 1. The maximum atomic E-state index is 8.41. The van der Waals surface area contributed by atoms with Crippen LogP contribution in [0, 0.1) is 23.2 Å². The van der Waals surface area contributed by atoms with Gasteiger partial charge in [-0.3, -0.25) is 0 Å². The van der Waals surface area contributed by atoms with Gasteiger partial charge in [0, 0.05) is 22.6 Å². The van der Waals surface area contributed by atoms with E-state index in [9.17, 15) is 0 Å². The molecule has 0 unspecified atom stereocenters. The molecule has 0 saturated carbocycles. The number of benzene rings is 2. The first-order valence-corrected chi connectivity index (χ1v) is 4.50. The zero-order chi connectivity index (χ0) is 10.7. The summed E-state index contributed by atoms with van der Waals surface area (Å²) in [6.07, 6.45) is 0. The summed E-state index contributed by atoms with van der Waals surface area (Å²) >= 11 is 0. The SMILES string of the molecule is N#CC#Cc1cccc2c(N)cccc12. The Morgan fingerprint density at radius 1 is 1.00 bits per heavy atom. The highest BCUT2D eigenvalue weighted by Crippen LogP contribution is 2.23. The molecule has 2 nitrogen and oxygen atoms in total. The van der Waals surface area contributed by atoms with Crippen molar-refractivity contribution in [1.82, 2.24) is 0 Å². The summed E-state index contributed by atoms with van der Waals surface area (Å²) in [5.41, 5.74) is 7.40. The van der Waals surface area contributed by atoms with E-state index in [-0.39, 0.29) is 0 Å². The monoisotopic (exact) mass is 192 g/mol. The largest absolute Gasteiger partial charge is 0.398 e. The van der Waals surface area contributed by atoms with E-state index >= 15 is 0 Å². The highest BCUT2D eigenvalue weighted by atomic mass is 14.5. The van der Waals surface area contributed by atoms with Gasteiger partial charge in [0.15, 0.2) is 6.07 Å². The Kier molecular flexibility index (Phi) is 2.27. The summed E-state index contributed by atoms with van der Waals surface area (Å²) < 4.78 is 0. The highest BCUT2D eigenvalue weighted by Gasteiger charge is 1.99. The van der Waals surface area contributed by atoms with Crippen LogP contribution >= 0.6 is 0 Å². The van der Waals surface area contributed by atoms with Crippen LogP contribution in [0.4, 0.5) is 5.69 Å². The number of nitrogens with zero attached hydrogens (tertiary/aromatic N) is 1. The van der Waals surface area contributed by atoms with Gasteiger partial charge in [-0.25, -0.2) is 0 Å². The van der Waals surface area contributed by atoms with E-state index < -0.39 is 0 Å². The van der Waals surface area contributed by atoms with Gasteiger partial charge in [0.1, 0.15) is 0 Å². The number of nitrogen functional groups attached to an aromatic ring is 1. The van der Waals surface area contributed by atoms with Crippen LogP contribution in [0.3, 0.4) is 0 Å². The van der Waals surface area contributed by atoms with Crippen LogP contribution < -0.4 is 5.73 Å². The molecule has 70 valence electrons. The number of hydrogen-bond donors (Lipinski definition) is 1. The topological polar surface area (TPSA) is 49.8 Å². The van der Waals surface area contributed by atoms with Gasteiger partial charge >= 0.3 is 0 Å². The summed E-state index contributed by atoms with van der Waals surface area (Å²) in [5.74, 6) is 5.19. The van der Waals surface area contributed by atoms with Crippen LogP contribution in [-0.2, 0) is 0 Å². The van der Waals surface area contributed by atoms with Crippen molar-refractivity contribution >= 4 is 16.5 Å². The van der Waals surface area contributed by atoms with Gasteiger partial charge in [0.25, 0.3) is 0 Å². The maximum Gasteiger partial charge on any atom is 0.152 e. The molecule has 0 atom stereocenters. The Balaban J connectivity index is 2.78. The van der Waals surface area contributed by atoms with E-state index in [0.29, 0.717) is 0 Å². The molecule has 2 heteroatoms. The van der Waals surface area contributed by atoms with Crippen LogP contribution in [0.5, 0.6) is 0 Å². The van der Waals surface area contributed by atoms with Gasteiger partial charge < -0.3 is 5.73 Å². The average Bonchev–Trinajstić information content (AvgIpc) is 2.27. The fraction of sp³-hybridized carbons (Fsp3) is 0. The Labute approximate surface area is 87.9 Å². The Morgan fingerprint density at radius 2 is 1.73 bits per heavy atom. The second kappa shape index (κ2) is 3.74. The van der Waals surface area contributed by atoms with Gasteiger partial charge in [-0.15, -0.1) is 0 Å². The van der Waals surface area contributed by atoms with Crippen LogP contribution in [0.25, 0.3) is 10.8 Å². The number of fused-ring (bicyclic) bond motifs is 1. The predicted octanol–water partition coefficient (Wildman–Crippen LogP) is 2.30. The third-order valence-electron chi connectivity index (χ3n) is 2.21. The van der Waals surface area contributed by atoms with Crippen LogP contribution in [0.15, 0.2) is 36.4 Å². The van der Waals surface area contributed by atoms with Gasteiger partial charge in [-0.05, 0) is 17.5 Å². The third kappa shape index (κ3) is 1.61. The van der Waals surface area contributed by atoms with Gasteiger partial charge in [-0.2, -0.15) is 5.26 Å². The molecule has 0 saturated heterocycles. The average molecular weight is 192 g/mol. The smallest absolute Gasteiger partial charge is 0.152 e. The van der Waals surface area contributed by atoms with E-state index in [0.717, 1.165) is 22.0 Å². The van der Waals surface area contributed by atoms with E-state index in [1.807, 2.05) is 36.4 Å². The first-order valence-electron chi connectivity index (χ1n) is 4.50. The molecular weight excluding hydrogens is 184 g/mol. The van der Waals surface area contributed by atoms with Gasteiger partial charge in [0.2, 0.25) is 0 Å². The number of anilines is 1. The summed E-state index contributed by atoms with van der Waals surface area (Å²) in [6.45, 7) is 0. The van der Waals surface area contributed by atoms with E-state index in [1.54, 1.807) is 6.07 Å². The van der Waals surface area contributed by atoms with Crippen LogP contribution in [0.1, 0.15) is 5.56 Å². The van der Waals surface area contributed by atoms with Crippen molar-refractivity contribution in [2.24, 2.45) is 0 Å². The van der Waals surface area contributed by atoms with Gasteiger partial charge in [0.05, 0.1) is 0 Å². The fourth-order valence-electron chi connectivity index (χ4n) is 1.54. The molecule has 0 spiro atoms. The first kappa shape index (κ1) is 9.12. The van der Waals surface area contributed by atoms with Crippen LogP contribution in [-0.4, -0.2) is 0 Å². The molecule has 0 heterocycles. The number of hydrogen-bond acceptors (Lipinski definition) is 2. The standard InChI is InChI=1S/C13H8N2/c14-9-3-5-10-4-1-7-12-11(10)6-2-8-13(12)15/h1-2,4,6-8H,15H2. The lowest BCUT2D eigenvalue weighted by Crippen LogP contribution is -1.87. The summed E-state index contributed by atoms with van der Waals surface area (Å²) in [6, 6.07) is 13.2. The number of rotatable bonds is 0. The zero-order valence-corrected chi connectivity index (χ0v) is 7.99. The lowest BCUT2D eigenvalue weighted by Gasteiger charge is -2.02. The molecule has 2 aromatic carbocycles. The molecule has 0 radical (unpaired) electrons. The minimum atomic E-state index is 0.730. The molecule has 15 heavy (non-hydrogen) atoms. The second-order valence-corrected chi connectivity index (χ2v) is 3.11. The van der Waals surface area contributed by atoms with Crippen molar-refractivity contribution < 1.29 is 0 Å². The summed E-state index contributed by atoms with van der Waals surface area (Å²) in [4.78, 5) is 0. The van der Waals surface area contributed by atoms with Crippen molar-refractivity contribution in [3.63, 3.8) is 0 Å². The minimum Gasteiger partial charge on any atom is -0.398 e. The molecule has 0 aliphatic heterocycles. The molecule has 0 aromatic heterocycles. The van der Waals surface area contributed by atoms with Crippen molar-refractivity contribution in [2.45, 2.75) is 0 Å². The normalized spacial score (nSPS) is 9.00. The third-order valence-corrected chi connectivity index (χ3v) is 2.21. The molecule has 0 aliphatic rings. The Morgan fingerprint density at radius 3 is 2.53 bits per heavy atom. The molecule has 2 N–H and O–H groups in total. The molecule has 0 fully saturated rings. The van der Waals surface area contributed by atoms with Gasteiger partial charge in [-0.1, -0.05) is 30.2 Å². The highest BCUT2D eigenvalue weighted by molar-refractivity contribution is 5.96. The first-order chi connectivity index (χ1) is 7.33. The maximum absolute atomic E-state index is 8.41. The molecule has 0 aliphatic carbocycles. The predicted molar refractivity (Wildman–Crippen MR) is 60.9 cm³/mol. The Hall–Kier alpha value is -2.45. The second-order valence-electron chi connectivity index (χ2n) is 3.11. The molecular formula is C13H8N2. The zero-order valence-electron chi connectivity index (χ0n) is 7.99. The summed E-state index contributed by atoms with van der Waals surface area (Å²) in [7, 11) is 0. The van der Waals surface area contributed by atoms with Crippen molar-refractivity contribution in [2.75, 3.05) is 5.73 Å². The van der Waals surface area contributed by atoms with Crippen LogP contribution in [0.2, 0.25) is 0 Å². The fourth-order valence-corrected chi connectivity index (χ4v) is 1.54. The van der Waals surface area contributed by atoms with E-state index in [1.165, 1.54) is 0 Å². The van der Waals surface area contributed by atoms with E-state index in [2.05, 4.69) is 11.8 Å². The number of nitriles is 1. The van der Waals surface area contributed by atoms with Crippen molar-refractivity contribution in [3.8, 4) is 17.9 Å². The Bertz CT molecular complexity index is 610. The molecule has 2 rings (SSSR count). The lowest BCUT2D eigenvalue weighted by molar-refractivity contribution is 1.55. The molecule has 0 bridgehead atoms. The molecule has 2 aromatic rings. The quantitative estimate of drug-likeness (QED) is 0.514. The lowest BCUT2D eigenvalue weighted by atomic mass is 10.0. The molecule has 0 amide bonds. The van der Waals surface area contributed by atoms with E-state index in [4.69, 9.17) is 11.0 Å². The summed E-state index contributed by atoms with van der Waals surface area (Å²) in [5, 5.41) is 10.4. The van der Waals surface area contributed by atoms with Crippen molar-refractivity contribution in [1.29, 1.82) is 5.26 Å². The van der Waals surface area contributed by atoms with Crippen molar-refractivity contribution in [3.05, 3.63) is 42.0 Å².